The number of ether oxygens (including phenoxy) is 1. The fraction of sp³-hybridized carbons (Fsp3) is 0.632. The molecule has 0 radical (unpaired) electrons. The van der Waals surface area contributed by atoms with Gasteiger partial charge in [-0.1, -0.05) is 24.3 Å². The van der Waals surface area contributed by atoms with Gasteiger partial charge in [0.1, 0.15) is 0 Å². The van der Waals surface area contributed by atoms with Crippen molar-refractivity contribution in [2.24, 2.45) is 4.99 Å². The molecule has 7 heteroatoms. The topological polar surface area (TPSA) is 45.7 Å². The quantitative estimate of drug-likeness (QED) is 0.413. The summed E-state index contributed by atoms with van der Waals surface area (Å²) in [6.07, 6.45) is -0.891. The molecule has 1 atom stereocenters. The summed E-state index contributed by atoms with van der Waals surface area (Å²) in [5.74, 6) is 0.416. The van der Waals surface area contributed by atoms with Gasteiger partial charge in [-0.2, -0.15) is 13.2 Å². The van der Waals surface area contributed by atoms with Gasteiger partial charge in [-0.25, -0.2) is 0 Å². The van der Waals surface area contributed by atoms with Crippen LogP contribution >= 0.6 is 0 Å². The number of halogens is 3. The Bertz CT molecular complexity index is 575. The van der Waals surface area contributed by atoms with Crippen molar-refractivity contribution in [3.63, 3.8) is 0 Å². The number of fused-ring (bicyclic) bond motifs is 1. The molecule has 0 bridgehead atoms. The standard InChI is InChI=1S/C19H28F3N3O/c1-2-23-18(25-13-11-19(20,21)22)24-12-6-14-26-17-10-5-8-15-7-3-4-9-16(15)17/h3-4,7,9,17H,2,5-6,8,10-14H2,1H3,(H2,23,24,25). The van der Waals surface area contributed by atoms with Gasteiger partial charge in [0.25, 0.3) is 0 Å². The number of guanidine groups is 1. The molecule has 26 heavy (non-hydrogen) atoms. The molecule has 0 saturated carbocycles. The van der Waals surface area contributed by atoms with E-state index in [9.17, 15) is 13.2 Å². The second-order valence-corrected chi connectivity index (χ2v) is 6.36. The summed E-state index contributed by atoms with van der Waals surface area (Å²) in [4.78, 5) is 4.31. The smallest absolute Gasteiger partial charge is 0.373 e. The first-order valence-electron chi connectivity index (χ1n) is 9.28. The zero-order valence-corrected chi connectivity index (χ0v) is 15.2. The molecule has 1 aromatic rings. The van der Waals surface area contributed by atoms with E-state index in [1.54, 1.807) is 0 Å². The summed E-state index contributed by atoms with van der Waals surface area (Å²) in [6.45, 7) is 3.41. The van der Waals surface area contributed by atoms with Crippen molar-refractivity contribution in [2.75, 3.05) is 26.2 Å². The van der Waals surface area contributed by atoms with E-state index < -0.39 is 12.6 Å². The van der Waals surface area contributed by atoms with E-state index in [-0.39, 0.29) is 12.6 Å². The maximum Gasteiger partial charge on any atom is 0.390 e. The summed E-state index contributed by atoms with van der Waals surface area (Å²) >= 11 is 0. The van der Waals surface area contributed by atoms with Crippen LogP contribution < -0.4 is 10.6 Å². The predicted octanol–water partition coefficient (Wildman–Crippen LogP) is 3.98. The fourth-order valence-corrected chi connectivity index (χ4v) is 3.03. The zero-order valence-electron chi connectivity index (χ0n) is 15.2. The molecule has 1 aromatic carbocycles. The summed E-state index contributed by atoms with van der Waals surface area (Å²) in [7, 11) is 0. The van der Waals surface area contributed by atoms with Gasteiger partial charge in [-0.15, -0.1) is 0 Å². The van der Waals surface area contributed by atoms with Crippen molar-refractivity contribution < 1.29 is 17.9 Å². The van der Waals surface area contributed by atoms with Crippen LogP contribution in [0, 0.1) is 0 Å². The molecule has 1 aliphatic carbocycles. The first-order valence-corrected chi connectivity index (χ1v) is 9.28. The predicted molar refractivity (Wildman–Crippen MR) is 97.3 cm³/mol. The van der Waals surface area contributed by atoms with Gasteiger partial charge in [-0.3, -0.25) is 4.99 Å². The average molecular weight is 371 g/mol. The maximum atomic E-state index is 12.2. The molecule has 146 valence electrons. The van der Waals surface area contributed by atoms with Crippen LogP contribution in [0.1, 0.15) is 49.8 Å². The highest BCUT2D eigenvalue weighted by atomic mass is 19.4. The molecule has 0 fully saturated rings. The van der Waals surface area contributed by atoms with Gasteiger partial charge in [-0.05, 0) is 43.7 Å². The normalized spacial score (nSPS) is 17.7. The molecular formula is C19H28F3N3O. The molecule has 4 nitrogen and oxygen atoms in total. The van der Waals surface area contributed by atoms with Gasteiger partial charge in [0.05, 0.1) is 12.5 Å². The number of alkyl halides is 3. The lowest BCUT2D eigenvalue weighted by Crippen LogP contribution is -2.39. The van der Waals surface area contributed by atoms with Crippen LogP contribution in [-0.2, 0) is 11.2 Å². The Morgan fingerprint density at radius 3 is 2.85 bits per heavy atom. The SMILES string of the molecule is CCNC(=NCCCOC1CCCc2ccccc21)NCCC(F)(F)F. The monoisotopic (exact) mass is 371 g/mol. The van der Waals surface area contributed by atoms with Crippen LogP contribution in [0.15, 0.2) is 29.3 Å². The summed E-state index contributed by atoms with van der Waals surface area (Å²) in [5, 5.41) is 5.66. The number of aliphatic imine (C=N–C) groups is 1. The van der Waals surface area contributed by atoms with Crippen LogP contribution in [-0.4, -0.2) is 38.4 Å². The molecule has 0 aliphatic heterocycles. The molecule has 0 saturated heterocycles. The van der Waals surface area contributed by atoms with Crippen LogP contribution in [0.2, 0.25) is 0 Å². The maximum absolute atomic E-state index is 12.2. The number of hydrogen-bond donors (Lipinski definition) is 2. The van der Waals surface area contributed by atoms with Crippen molar-refractivity contribution in [3.05, 3.63) is 35.4 Å². The summed E-state index contributed by atoms with van der Waals surface area (Å²) in [6, 6.07) is 8.39. The Kier molecular flexibility index (Phi) is 8.22. The highest BCUT2D eigenvalue weighted by Crippen LogP contribution is 2.32. The van der Waals surface area contributed by atoms with E-state index in [1.165, 1.54) is 11.1 Å². The number of benzene rings is 1. The third-order valence-electron chi connectivity index (χ3n) is 4.25. The van der Waals surface area contributed by atoms with E-state index >= 15 is 0 Å². The van der Waals surface area contributed by atoms with Crippen molar-refractivity contribution >= 4 is 5.96 Å². The minimum Gasteiger partial charge on any atom is -0.373 e. The van der Waals surface area contributed by atoms with Crippen molar-refractivity contribution in [1.29, 1.82) is 0 Å². The van der Waals surface area contributed by atoms with Gasteiger partial charge in [0.15, 0.2) is 5.96 Å². The van der Waals surface area contributed by atoms with Crippen molar-refractivity contribution in [3.8, 4) is 0 Å². The molecule has 1 aliphatic rings. The lowest BCUT2D eigenvalue weighted by molar-refractivity contribution is -0.132. The number of nitrogens with zero attached hydrogens (tertiary/aromatic N) is 1. The van der Waals surface area contributed by atoms with E-state index in [0.29, 0.717) is 25.7 Å². The molecule has 1 unspecified atom stereocenters. The Hall–Kier alpha value is -1.76. The fourth-order valence-electron chi connectivity index (χ4n) is 3.03. The van der Waals surface area contributed by atoms with Crippen LogP contribution in [0.4, 0.5) is 13.2 Å². The number of rotatable bonds is 8. The van der Waals surface area contributed by atoms with E-state index in [4.69, 9.17) is 4.74 Å². The molecule has 0 amide bonds. The first kappa shape index (κ1) is 20.6. The molecule has 2 rings (SSSR count). The molecule has 0 spiro atoms. The zero-order chi connectivity index (χ0) is 18.8. The van der Waals surface area contributed by atoms with Gasteiger partial charge in [0, 0.05) is 26.2 Å². The Morgan fingerprint density at radius 1 is 1.27 bits per heavy atom. The van der Waals surface area contributed by atoms with Crippen LogP contribution in [0.5, 0.6) is 0 Å². The Balaban J connectivity index is 1.71. The highest BCUT2D eigenvalue weighted by Gasteiger charge is 2.26. The lowest BCUT2D eigenvalue weighted by atomic mass is 9.89. The van der Waals surface area contributed by atoms with E-state index in [1.807, 2.05) is 13.0 Å². The second-order valence-electron chi connectivity index (χ2n) is 6.36. The first-order chi connectivity index (χ1) is 12.5. The third kappa shape index (κ3) is 7.23. The van der Waals surface area contributed by atoms with Crippen molar-refractivity contribution in [2.45, 2.75) is 51.3 Å². The minimum absolute atomic E-state index is 0.141. The number of aryl methyl sites for hydroxylation is 1. The molecule has 0 heterocycles. The van der Waals surface area contributed by atoms with Gasteiger partial charge < -0.3 is 15.4 Å². The van der Waals surface area contributed by atoms with Crippen molar-refractivity contribution in [1.82, 2.24) is 10.6 Å². The number of nitrogens with one attached hydrogen (secondary N) is 2. The highest BCUT2D eigenvalue weighted by molar-refractivity contribution is 5.79. The largest absolute Gasteiger partial charge is 0.390 e. The Labute approximate surface area is 153 Å². The van der Waals surface area contributed by atoms with Crippen LogP contribution in [0.3, 0.4) is 0 Å². The van der Waals surface area contributed by atoms with E-state index in [2.05, 4.69) is 33.8 Å². The lowest BCUT2D eigenvalue weighted by Gasteiger charge is -2.25. The third-order valence-corrected chi connectivity index (χ3v) is 4.25. The van der Waals surface area contributed by atoms with Crippen LogP contribution in [0.25, 0.3) is 0 Å². The number of hydrogen-bond acceptors (Lipinski definition) is 2. The van der Waals surface area contributed by atoms with E-state index in [0.717, 1.165) is 25.7 Å². The molecule has 2 N–H and O–H groups in total. The minimum atomic E-state index is -4.16. The Morgan fingerprint density at radius 2 is 2.08 bits per heavy atom. The summed E-state index contributed by atoms with van der Waals surface area (Å²) < 4.78 is 42.6. The van der Waals surface area contributed by atoms with Gasteiger partial charge >= 0.3 is 6.18 Å². The second kappa shape index (κ2) is 10.4. The average Bonchev–Trinajstić information content (AvgIpc) is 2.60. The molecule has 0 aromatic heterocycles. The molecular weight excluding hydrogens is 343 g/mol. The summed E-state index contributed by atoms with van der Waals surface area (Å²) in [5.41, 5.74) is 2.65. The van der Waals surface area contributed by atoms with Gasteiger partial charge in [0.2, 0.25) is 0 Å².